The number of rotatable bonds is 1. The maximum absolute atomic E-state index is 9.32. The third kappa shape index (κ3) is 1.78. The van der Waals surface area contributed by atoms with Crippen LogP contribution in [0.25, 0.3) is 11.4 Å². The number of aromatic nitrogens is 3. The number of benzene rings is 1. The Morgan fingerprint density at radius 3 is 2.06 bits per heavy atom. The summed E-state index contributed by atoms with van der Waals surface area (Å²) in [5, 5.41) is 18.5. The minimum Gasteiger partial charge on any atom is -0.504 e. The standard InChI is InChI=1S/C9H9N5O2/c10-8-12-7(13-9(11)14-8)4-1-2-5(15)6(16)3-4/h1-3,15-16H,(H4,10,11,12,13,14). The van der Waals surface area contributed by atoms with E-state index >= 15 is 0 Å². The molecule has 1 aromatic heterocycles. The van der Waals surface area contributed by atoms with Crippen LogP contribution in [0.1, 0.15) is 0 Å². The molecule has 0 atom stereocenters. The Morgan fingerprint density at radius 1 is 0.875 bits per heavy atom. The molecular formula is C9H9N5O2. The summed E-state index contributed by atoms with van der Waals surface area (Å²) >= 11 is 0. The first-order valence-electron chi connectivity index (χ1n) is 4.35. The Balaban J connectivity index is 2.54. The van der Waals surface area contributed by atoms with Crippen LogP contribution in [0.5, 0.6) is 11.5 Å². The second kappa shape index (κ2) is 3.54. The van der Waals surface area contributed by atoms with Crippen LogP contribution < -0.4 is 11.5 Å². The fraction of sp³-hybridized carbons (Fsp3) is 0. The molecule has 1 heterocycles. The van der Waals surface area contributed by atoms with Crippen LogP contribution >= 0.6 is 0 Å². The van der Waals surface area contributed by atoms with Gasteiger partial charge in [-0.1, -0.05) is 0 Å². The van der Waals surface area contributed by atoms with Crippen molar-refractivity contribution in [2.24, 2.45) is 0 Å². The molecule has 7 nitrogen and oxygen atoms in total. The monoisotopic (exact) mass is 219 g/mol. The highest BCUT2D eigenvalue weighted by molar-refractivity contribution is 5.61. The smallest absolute Gasteiger partial charge is 0.225 e. The summed E-state index contributed by atoms with van der Waals surface area (Å²) in [5.41, 5.74) is 11.3. The van der Waals surface area contributed by atoms with Crippen LogP contribution in [0.4, 0.5) is 11.9 Å². The first-order chi connectivity index (χ1) is 7.56. The lowest BCUT2D eigenvalue weighted by Gasteiger charge is -2.03. The van der Waals surface area contributed by atoms with Gasteiger partial charge in [0.15, 0.2) is 17.3 Å². The molecule has 2 rings (SSSR count). The molecule has 82 valence electrons. The number of nitrogen functional groups attached to an aromatic ring is 2. The van der Waals surface area contributed by atoms with Crippen molar-refractivity contribution in [3.8, 4) is 22.9 Å². The molecule has 2 aromatic rings. The van der Waals surface area contributed by atoms with Crippen LogP contribution in [0.3, 0.4) is 0 Å². The zero-order chi connectivity index (χ0) is 11.7. The van der Waals surface area contributed by atoms with Crippen molar-refractivity contribution in [3.05, 3.63) is 18.2 Å². The Morgan fingerprint density at radius 2 is 1.50 bits per heavy atom. The van der Waals surface area contributed by atoms with E-state index in [1.54, 1.807) is 0 Å². The molecule has 0 aliphatic carbocycles. The summed E-state index contributed by atoms with van der Waals surface area (Å²) in [5.74, 6) is -0.265. The highest BCUT2D eigenvalue weighted by Crippen LogP contribution is 2.29. The van der Waals surface area contributed by atoms with E-state index < -0.39 is 0 Å². The number of nitrogens with zero attached hydrogens (tertiary/aromatic N) is 3. The lowest BCUT2D eigenvalue weighted by Crippen LogP contribution is -2.04. The highest BCUT2D eigenvalue weighted by Gasteiger charge is 2.07. The second-order valence-corrected chi connectivity index (χ2v) is 3.08. The van der Waals surface area contributed by atoms with Gasteiger partial charge in [-0.15, -0.1) is 0 Å². The number of nitrogens with two attached hydrogens (primary N) is 2. The van der Waals surface area contributed by atoms with Gasteiger partial charge in [-0.25, -0.2) is 0 Å². The van der Waals surface area contributed by atoms with Crippen LogP contribution in [0, 0.1) is 0 Å². The summed E-state index contributed by atoms with van der Waals surface area (Å²) in [6.45, 7) is 0. The van der Waals surface area contributed by atoms with Gasteiger partial charge in [-0.2, -0.15) is 15.0 Å². The van der Waals surface area contributed by atoms with Gasteiger partial charge >= 0.3 is 0 Å². The number of phenols is 2. The van der Waals surface area contributed by atoms with E-state index in [1.807, 2.05) is 0 Å². The number of phenolic OH excluding ortho intramolecular Hbond substituents is 2. The SMILES string of the molecule is Nc1nc(N)nc(-c2ccc(O)c(O)c2)n1. The fourth-order valence-electron chi connectivity index (χ4n) is 1.20. The molecule has 7 heteroatoms. The third-order valence-electron chi connectivity index (χ3n) is 1.90. The molecule has 0 spiro atoms. The molecule has 0 fully saturated rings. The van der Waals surface area contributed by atoms with Gasteiger partial charge in [-0.3, -0.25) is 0 Å². The lowest BCUT2D eigenvalue weighted by molar-refractivity contribution is 0.404. The number of hydrogen-bond donors (Lipinski definition) is 4. The van der Waals surface area contributed by atoms with Crippen molar-refractivity contribution in [2.45, 2.75) is 0 Å². The van der Waals surface area contributed by atoms with E-state index in [9.17, 15) is 5.11 Å². The van der Waals surface area contributed by atoms with E-state index in [2.05, 4.69) is 15.0 Å². The number of aromatic hydroxyl groups is 2. The third-order valence-corrected chi connectivity index (χ3v) is 1.90. The average Bonchev–Trinajstić information content (AvgIpc) is 2.20. The van der Waals surface area contributed by atoms with Crippen molar-refractivity contribution < 1.29 is 10.2 Å². The van der Waals surface area contributed by atoms with Gasteiger partial charge in [0.25, 0.3) is 0 Å². The minimum absolute atomic E-state index is 0.00457. The summed E-state index contributed by atoms with van der Waals surface area (Å²) in [6, 6.07) is 4.16. The molecule has 0 saturated carbocycles. The first-order valence-corrected chi connectivity index (χ1v) is 4.35. The second-order valence-electron chi connectivity index (χ2n) is 3.08. The summed E-state index contributed by atoms with van der Waals surface area (Å²) in [6.07, 6.45) is 0. The predicted molar refractivity (Wildman–Crippen MR) is 57.4 cm³/mol. The zero-order valence-corrected chi connectivity index (χ0v) is 8.12. The zero-order valence-electron chi connectivity index (χ0n) is 8.12. The van der Waals surface area contributed by atoms with Crippen molar-refractivity contribution in [1.82, 2.24) is 15.0 Å². The Labute approximate surface area is 90.4 Å². The fourth-order valence-corrected chi connectivity index (χ4v) is 1.20. The molecule has 0 unspecified atom stereocenters. The van der Waals surface area contributed by atoms with E-state index in [1.165, 1.54) is 18.2 Å². The molecule has 0 aliphatic heterocycles. The maximum atomic E-state index is 9.32. The van der Waals surface area contributed by atoms with Crippen molar-refractivity contribution in [3.63, 3.8) is 0 Å². The molecule has 16 heavy (non-hydrogen) atoms. The van der Waals surface area contributed by atoms with Crippen LogP contribution in [0.15, 0.2) is 18.2 Å². The van der Waals surface area contributed by atoms with Crippen LogP contribution in [-0.4, -0.2) is 25.2 Å². The van der Waals surface area contributed by atoms with Gasteiger partial charge in [0, 0.05) is 5.56 Å². The van der Waals surface area contributed by atoms with Crippen LogP contribution in [-0.2, 0) is 0 Å². The molecular weight excluding hydrogens is 210 g/mol. The quantitative estimate of drug-likeness (QED) is 0.500. The van der Waals surface area contributed by atoms with Gasteiger partial charge < -0.3 is 21.7 Å². The van der Waals surface area contributed by atoms with Gasteiger partial charge in [0.1, 0.15) is 0 Å². The van der Waals surface area contributed by atoms with Crippen LogP contribution in [0.2, 0.25) is 0 Å². The van der Waals surface area contributed by atoms with Crippen molar-refractivity contribution in [1.29, 1.82) is 0 Å². The minimum atomic E-state index is -0.268. The maximum Gasteiger partial charge on any atom is 0.225 e. The predicted octanol–water partition coefficient (Wildman–Crippen LogP) is 0.114. The average molecular weight is 219 g/mol. The van der Waals surface area contributed by atoms with Crippen molar-refractivity contribution >= 4 is 11.9 Å². The lowest BCUT2D eigenvalue weighted by atomic mass is 10.2. The topological polar surface area (TPSA) is 131 Å². The summed E-state index contributed by atoms with van der Waals surface area (Å²) < 4.78 is 0. The summed E-state index contributed by atoms with van der Waals surface area (Å²) in [4.78, 5) is 11.3. The molecule has 0 saturated heterocycles. The van der Waals surface area contributed by atoms with Gasteiger partial charge in [0.2, 0.25) is 11.9 Å². The van der Waals surface area contributed by atoms with E-state index in [-0.39, 0.29) is 29.2 Å². The first kappa shape index (κ1) is 9.97. The molecule has 0 bridgehead atoms. The molecule has 0 aliphatic rings. The number of anilines is 2. The molecule has 6 N–H and O–H groups in total. The summed E-state index contributed by atoms with van der Waals surface area (Å²) in [7, 11) is 0. The Bertz CT molecular complexity index is 523. The molecule has 1 aromatic carbocycles. The Kier molecular flexibility index (Phi) is 2.20. The number of hydrogen-bond acceptors (Lipinski definition) is 7. The largest absolute Gasteiger partial charge is 0.504 e. The highest BCUT2D eigenvalue weighted by atomic mass is 16.3. The van der Waals surface area contributed by atoms with Gasteiger partial charge in [0.05, 0.1) is 0 Å². The van der Waals surface area contributed by atoms with E-state index in [4.69, 9.17) is 16.6 Å². The van der Waals surface area contributed by atoms with E-state index in [0.29, 0.717) is 5.56 Å². The van der Waals surface area contributed by atoms with E-state index in [0.717, 1.165) is 0 Å². The molecule has 0 amide bonds. The van der Waals surface area contributed by atoms with Crippen molar-refractivity contribution in [2.75, 3.05) is 11.5 Å². The normalized spacial score (nSPS) is 10.2. The van der Waals surface area contributed by atoms with Gasteiger partial charge in [-0.05, 0) is 18.2 Å². The molecule has 0 radical (unpaired) electrons. The Hall–Kier alpha value is -2.57.